The molecule has 1 aliphatic heterocycles. The summed E-state index contributed by atoms with van der Waals surface area (Å²) >= 11 is 0. The van der Waals surface area contributed by atoms with E-state index in [-0.39, 0.29) is 0 Å². The average Bonchev–Trinajstić information content (AvgIpc) is 3.55. The van der Waals surface area contributed by atoms with Crippen LogP contribution < -0.4 is 4.90 Å². The highest BCUT2D eigenvalue weighted by Gasteiger charge is 2.36. The van der Waals surface area contributed by atoms with Crippen molar-refractivity contribution in [3.8, 4) is 44.9 Å². The Morgan fingerprint density at radius 1 is 0.451 bits per heavy atom. The van der Waals surface area contributed by atoms with Gasteiger partial charge >= 0.3 is 0 Å². The fourth-order valence-corrected chi connectivity index (χ4v) is 7.84. The third-order valence-corrected chi connectivity index (χ3v) is 10.4. The third-order valence-electron chi connectivity index (χ3n) is 10.4. The lowest BCUT2D eigenvalue weighted by Gasteiger charge is -2.28. The Hall–Kier alpha value is -6.58. The zero-order valence-electron chi connectivity index (χ0n) is 27.9. The molecular formula is C48H33N3. The number of anilines is 2. The fourth-order valence-electron chi connectivity index (χ4n) is 7.84. The molecule has 0 amide bonds. The SMILES string of the molecule is C1=CC2c3ccccc3N(c3ccc(-c4ccc5cc(-c6ccc(-c7nc(-c8ccccc8)nc8ccccc78)cc6)ccc5c4)cc3)C2C=C1. The van der Waals surface area contributed by atoms with E-state index in [0.717, 1.165) is 33.5 Å². The Bertz CT molecular complexity index is 2640. The molecule has 0 saturated carbocycles. The maximum absolute atomic E-state index is 5.05. The largest absolute Gasteiger partial charge is 0.333 e. The van der Waals surface area contributed by atoms with Crippen LogP contribution in [0.25, 0.3) is 66.6 Å². The first-order chi connectivity index (χ1) is 25.3. The van der Waals surface area contributed by atoms with Gasteiger partial charge in [0, 0.05) is 33.8 Å². The standard InChI is InChI=1S/C48H33N3/c1-2-10-35(11-3-1)48-49-44-15-7-4-14-43(44)47(50-48)34-20-18-32(19-21-34)36-22-24-39-31-37(23-25-38(39)30-36)33-26-28-40(29-27-33)51-45-16-8-5-12-41(45)42-13-6-9-17-46(42)51/h1-31,41,45H. The second-order valence-electron chi connectivity index (χ2n) is 13.4. The van der Waals surface area contributed by atoms with Gasteiger partial charge in [0.2, 0.25) is 0 Å². The number of rotatable bonds is 5. The monoisotopic (exact) mass is 651 g/mol. The van der Waals surface area contributed by atoms with E-state index in [0.29, 0.717) is 12.0 Å². The molecule has 10 rings (SSSR count). The van der Waals surface area contributed by atoms with Crippen LogP contribution in [0.4, 0.5) is 11.4 Å². The van der Waals surface area contributed by atoms with Crippen molar-refractivity contribution in [2.24, 2.45) is 0 Å². The minimum absolute atomic E-state index is 0.309. The number of aromatic nitrogens is 2. The molecule has 8 aromatic rings. The summed E-state index contributed by atoms with van der Waals surface area (Å²) in [6.07, 6.45) is 9.00. The molecule has 2 heterocycles. The minimum Gasteiger partial charge on any atom is -0.333 e. The highest BCUT2D eigenvalue weighted by atomic mass is 15.2. The van der Waals surface area contributed by atoms with E-state index in [2.05, 4.69) is 169 Å². The Morgan fingerprint density at radius 2 is 1.06 bits per heavy atom. The number of nitrogens with zero attached hydrogens (tertiary/aromatic N) is 3. The Balaban J connectivity index is 0.924. The Labute approximate surface area is 297 Å². The summed E-state index contributed by atoms with van der Waals surface area (Å²) in [6.45, 7) is 0. The first-order valence-corrected chi connectivity index (χ1v) is 17.6. The summed E-state index contributed by atoms with van der Waals surface area (Å²) in [5, 5.41) is 3.51. The molecule has 2 atom stereocenters. The summed E-state index contributed by atoms with van der Waals surface area (Å²) in [6, 6.07) is 58.9. The van der Waals surface area contributed by atoms with Gasteiger partial charge in [-0.3, -0.25) is 0 Å². The summed E-state index contributed by atoms with van der Waals surface area (Å²) in [7, 11) is 0. The molecule has 3 nitrogen and oxygen atoms in total. The number of hydrogen-bond acceptors (Lipinski definition) is 3. The van der Waals surface area contributed by atoms with Gasteiger partial charge < -0.3 is 4.90 Å². The highest BCUT2D eigenvalue weighted by Crippen LogP contribution is 2.47. The van der Waals surface area contributed by atoms with Gasteiger partial charge in [-0.1, -0.05) is 152 Å². The van der Waals surface area contributed by atoms with Gasteiger partial charge in [-0.15, -0.1) is 0 Å². The summed E-state index contributed by atoms with van der Waals surface area (Å²) in [5.41, 5.74) is 12.7. The van der Waals surface area contributed by atoms with Gasteiger partial charge in [-0.2, -0.15) is 0 Å². The summed E-state index contributed by atoms with van der Waals surface area (Å²) in [5.74, 6) is 1.13. The van der Waals surface area contributed by atoms with Crippen LogP contribution in [0.5, 0.6) is 0 Å². The molecule has 0 radical (unpaired) electrons. The molecule has 0 saturated heterocycles. The zero-order chi connectivity index (χ0) is 33.7. The van der Waals surface area contributed by atoms with Crippen LogP contribution in [0.2, 0.25) is 0 Å². The number of fused-ring (bicyclic) bond motifs is 5. The van der Waals surface area contributed by atoms with Crippen molar-refractivity contribution < 1.29 is 0 Å². The fraction of sp³-hybridized carbons (Fsp3) is 0.0417. The van der Waals surface area contributed by atoms with Crippen molar-refractivity contribution in [1.82, 2.24) is 9.97 Å². The molecule has 0 fully saturated rings. The normalized spacial score (nSPS) is 16.0. The zero-order valence-corrected chi connectivity index (χ0v) is 27.9. The van der Waals surface area contributed by atoms with Crippen LogP contribution in [-0.4, -0.2) is 16.0 Å². The molecule has 2 aliphatic rings. The van der Waals surface area contributed by atoms with Crippen LogP contribution in [-0.2, 0) is 0 Å². The molecule has 51 heavy (non-hydrogen) atoms. The van der Waals surface area contributed by atoms with Gasteiger partial charge in [0.1, 0.15) is 0 Å². The van der Waals surface area contributed by atoms with Crippen molar-refractivity contribution in [2.45, 2.75) is 12.0 Å². The van der Waals surface area contributed by atoms with Gasteiger partial charge in [-0.25, -0.2) is 9.97 Å². The minimum atomic E-state index is 0.309. The molecule has 0 N–H and O–H groups in total. The van der Waals surface area contributed by atoms with E-state index in [1.165, 1.54) is 50.0 Å². The summed E-state index contributed by atoms with van der Waals surface area (Å²) < 4.78 is 0. The summed E-state index contributed by atoms with van der Waals surface area (Å²) in [4.78, 5) is 12.4. The van der Waals surface area contributed by atoms with Crippen molar-refractivity contribution in [1.29, 1.82) is 0 Å². The smallest absolute Gasteiger partial charge is 0.160 e. The van der Waals surface area contributed by atoms with Crippen LogP contribution in [0.3, 0.4) is 0 Å². The van der Waals surface area contributed by atoms with Gasteiger partial charge in [-0.05, 0) is 75.0 Å². The Morgan fingerprint density at radius 3 is 1.82 bits per heavy atom. The Kier molecular flexibility index (Phi) is 6.95. The molecule has 0 bridgehead atoms. The topological polar surface area (TPSA) is 29.0 Å². The van der Waals surface area contributed by atoms with E-state index >= 15 is 0 Å². The maximum atomic E-state index is 5.05. The second-order valence-corrected chi connectivity index (χ2v) is 13.4. The average molecular weight is 652 g/mol. The second kappa shape index (κ2) is 12.1. The maximum Gasteiger partial charge on any atom is 0.160 e. The lowest BCUT2D eigenvalue weighted by Crippen LogP contribution is -2.28. The quantitative estimate of drug-likeness (QED) is 0.185. The number of para-hydroxylation sites is 2. The van der Waals surface area contributed by atoms with E-state index in [1.807, 2.05) is 24.3 Å². The predicted molar refractivity (Wildman–Crippen MR) is 212 cm³/mol. The van der Waals surface area contributed by atoms with Crippen LogP contribution in [0, 0.1) is 0 Å². The molecule has 7 aromatic carbocycles. The molecule has 1 aromatic heterocycles. The molecule has 1 aliphatic carbocycles. The first-order valence-electron chi connectivity index (χ1n) is 17.6. The van der Waals surface area contributed by atoms with E-state index in [1.54, 1.807) is 0 Å². The molecule has 3 heteroatoms. The van der Waals surface area contributed by atoms with E-state index in [9.17, 15) is 0 Å². The van der Waals surface area contributed by atoms with Crippen LogP contribution >= 0.6 is 0 Å². The number of allylic oxidation sites excluding steroid dienone is 2. The third kappa shape index (κ3) is 5.14. The van der Waals surface area contributed by atoms with Gasteiger partial charge in [0.25, 0.3) is 0 Å². The van der Waals surface area contributed by atoms with Crippen molar-refractivity contribution >= 4 is 33.1 Å². The molecular weight excluding hydrogens is 619 g/mol. The van der Waals surface area contributed by atoms with E-state index in [4.69, 9.17) is 9.97 Å². The van der Waals surface area contributed by atoms with Crippen molar-refractivity contribution in [3.63, 3.8) is 0 Å². The van der Waals surface area contributed by atoms with Gasteiger partial charge in [0.05, 0.1) is 17.3 Å². The predicted octanol–water partition coefficient (Wildman–Crippen LogP) is 12.2. The molecule has 240 valence electrons. The molecule has 0 spiro atoms. The number of benzene rings is 7. The lowest BCUT2D eigenvalue weighted by atomic mass is 9.91. The van der Waals surface area contributed by atoms with E-state index < -0.39 is 0 Å². The number of hydrogen-bond donors (Lipinski definition) is 0. The first kappa shape index (κ1) is 29.3. The van der Waals surface area contributed by atoms with Crippen LogP contribution in [0.1, 0.15) is 11.5 Å². The van der Waals surface area contributed by atoms with Crippen molar-refractivity contribution in [3.05, 3.63) is 194 Å². The van der Waals surface area contributed by atoms with Crippen molar-refractivity contribution in [2.75, 3.05) is 4.90 Å². The lowest BCUT2D eigenvalue weighted by molar-refractivity contribution is 0.745. The van der Waals surface area contributed by atoms with Gasteiger partial charge in [0.15, 0.2) is 5.82 Å². The van der Waals surface area contributed by atoms with Crippen LogP contribution in [0.15, 0.2) is 188 Å². The highest BCUT2D eigenvalue weighted by molar-refractivity contribution is 5.95. The molecule has 2 unspecified atom stereocenters.